The topological polar surface area (TPSA) is 61.4 Å². The molecule has 2 aromatic rings. The Morgan fingerprint density at radius 3 is 2.60 bits per heavy atom. The molecular formula is C18H20BrN3O2S. The van der Waals surface area contributed by atoms with Crippen molar-refractivity contribution in [1.82, 2.24) is 4.90 Å². The highest BCUT2D eigenvalue weighted by Crippen LogP contribution is 2.23. The van der Waals surface area contributed by atoms with Gasteiger partial charge in [-0.05, 0) is 61.0 Å². The van der Waals surface area contributed by atoms with Gasteiger partial charge in [-0.15, -0.1) is 11.3 Å². The molecule has 3 amide bonds. The van der Waals surface area contributed by atoms with Crippen molar-refractivity contribution in [3.8, 4) is 0 Å². The molecule has 0 bridgehead atoms. The van der Waals surface area contributed by atoms with E-state index in [4.69, 9.17) is 0 Å². The summed E-state index contributed by atoms with van der Waals surface area (Å²) in [5.41, 5.74) is 1.89. The number of halogens is 1. The third-order valence-corrected chi connectivity index (χ3v) is 6.00. The molecule has 0 radical (unpaired) electrons. The second-order valence-electron chi connectivity index (χ2n) is 6.12. The first-order chi connectivity index (χ1) is 12.0. The molecule has 1 aliphatic rings. The Labute approximate surface area is 159 Å². The number of anilines is 2. The monoisotopic (exact) mass is 421 g/mol. The lowest BCUT2D eigenvalue weighted by molar-refractivity contribution is -0.121. The number of nitrogens with one attached hydrogen (secondary N) is 2. The maximum Gasteiger partial charge on any atom is 0.322 e. The number of amides is 3. The van der Waals surface area contributed by atoms with E-state index < -0.39 is 0 Å². The van der Waals surface area contributed by atoms with E-state index in [2.05, 4.69) is 26.6 Å². The zero-order valence-electron chi connectivity index (χ0n) is 13.9. The molecule has 2 N–H and O–H groups in total. The molecule has 25 heavy (non-hydrogen) atoms. The van der Waals surface area contributed by atoms with Crippen LogP contribution in [0.4, 0.5) is 15.5 Å². The van der Waals surface area contributed by atoms with Gasteiger partial charge in [-0.2, -0.15) is 0 Å². The van der Waals surface area contributed by atoms with Crippen molar-refractivity contribution in [1.29, 1.82) is 0 Å². The first-order valence-corrected chi connectivity index (χ1v) is 9.86. The number of aryl methyl sites for hydroxylation is 1. The highest BCUT2D eigenvalue weighted by atomic mass is 79.9. The molecule has 1 aromatic carbocycles. The summed E-state index contributed by atoms with van der Waals surface area (Å²) in [6.45, 7) is 3.17. The van der Waals surface area contributed by atoms with Gasteiger partial charge in [0.15, 0.2) is 0 Å². The summed E-state index contributed by atoms with van der Waals surface area (Å²) in [5.74, 6) is -0.0326. The summed E-state index contributed by atoms with van der Waals surface area (Å²) in [6.07, 6.45) is 1.36. The molecule has 0 spiro atoms. The van der Waals surface area contributed by atoms with Gasteiger partial charge < -0.3 is 10.2 Å². The van der Waals surface area contributed by atoms with Crippen molar-refractivity contribution in [2.24, 2.45) is 5.92 Å². The summed E-state index contributed by atoms with van der Waals surface area (Å²) in [5, 5.41) is 8.64. The molecule has 0 aliphatic carbocycles. The van der Waals surface area contributed by atoms with E-state index in [1.165, 1.54) is 11.3 Å². The van der Waals surface area contributed by atoms with Gasteiger partial charge in [0.05, 0.1) is 5.00 Å². The van der Waals surface area contributed by atoms with Crippen LogP contribution in [0, 0.1) is 12.8 Å². The van der Waals surface area contributed by atoms with E-state index >= 15 is 0 Å². The van der Waals surface area contributed by atoms with Crippen molar-refractivity contribution in [3.05, 3.63) is 45.7 Å². The van der Waals surface area contributed by atoms with Crippen LogP contribution in [0.5, 0.6) is 0 Å². The van der Waals surface area contributed by atoms with Crippen LogP contribution < -0.4 is 10.6 Å². The smallest absolute Gasteiger partial charge is 0.322 e. The molecule has 3 rings (SSSR count). The molecule has 7 heteroatoms. The summed E-state index contributed by atoms with van der Waals surface area (Å²) >= 11 is 4.96. The van der Waals surface area contributed by atoms with Crippen molar-refractivity contribution >= 4 is 49.9 Å². The molecular weight excluding hydrogens is 402 g/mol. The second kappa shape index (κ2) is 8.01. The fraction of sp³-hybridized carbons (Fsp3) is 0.333. The van der Waals surface area contributed by atoms with Crippen LogP contribution in [0.3, 0.4) is 0 Å². The molecule has 1 aliphatic heterocycles. The lowest BCUT2D eigenvalue weighted by Gasteiger charge is -2.31. The number of carbonyl (C=O) groups excluding carboxylic acids is 2. The van der Waals surface area contributed by atoms with Crippen LogP contribution in [0.25, 0.3) is 0 Å². The van der Waals surface area contributed by atoms with Gasteiger partial charge in [0.2, 0.25) is 5.91 Å². The Morgan fingerprint density at radius 1 is 1.20 bits per heavy atom. The van der Waals surface area contributed by atoms with Gasteiger partial charge in [0.25, 0.3) is 0 Å². The molecule has 0 atom stereocenters. The van der Waals surface area contributed by atoms with Crippen LogP contribution in [-0.2, 0) is 4.79 Å². The van der Waals surface area contributed by atoms with Gasteiger partial charge in [-0.25, -0.2) is 4.79 Å². The molecule has 0 unspecified atom stereocenters. The molecule has 1 aromatic heterocycles. The number of rotatable bonds is 3. The van der Waals surface area contributed by atoms with E-state index in [-0.39, 0.29) is 17.9 Å². The van der Waals surface area contributed by atoms with Crippen LogP contribution >= 0.6 is 27.3 Å². The third-order valence-electron chi connectivity index (χ3n) is 4.33. The average Bonchev–Trinajstić information content (AvgIpc) is 3.11. The van der Waals surface area contributed by atoms with Crippen LogP contribution in [0.1, 0.15) is 18.4 Å². The zero-order valence-corrected chi connectivity index (χ0v) is 16.3. The van der Waals surface area contributed by atoms with Crippen molar-refractivity contribution < 1.29 is 9.59 Å². The first-order valence-electron chi connectivity index (χ1n) is 8.19. The van der Waals surface area contributed by atoms with E-state index in [0.29, 0.717) is 25.9 Å². The molecule has 5 nitrogen and oxygen atoms in total. The number of likely N-dealkylation sites (tertiary alicyclic amines) is 1. The standard InChI is InChI=1S/C18H20BrN3O2S/c1-12-11-14(4-5-15(12)19)20-17(23)13-6-8-22(9-7-13)18(24)21-16-3-2-10-25-16/h2-5,10-11,13H,6-9H2,1H3,(H,20,23)(H,21,24). The minimum atomic E-state index is -0.0927. The Hall–Kier alpha value is -1.86. The highest BCUT2D eigenvalue weighted by molar-refractivity contribution is 9.10. The predicted octanol–water partition coefficient (Wildman–Crippen LogP) is 4.70. The lowest BCUT2D eigenvalue weighted by Crippen LogP contribution is -2.43. The fourth-order valence-corrected chi connectivity index (χ4v) is 3.70. The normalized spacial score (nSPS) is 15.0. The van der Waals surface area contributed by atoms with Crippen molar-refractivity contribution in [3.63, 3.8) is 0 Å². The van der Waals surface area contributed by atoms with Crippen molar-refractivity contribution in [2.75, 3.05) is 23.7 Å². The minimum absolute atomic E-state index is 0.0278. The van der Waals surface area contributed by atoms with E-state index in [1.54, 1.807) is 4.90 Å². The molecule has 1 saturated heterocycles. The number of carbonyl (C=O) groups is 2. The highest BCUT2D eigenvalue weighted by Gasteiger charge is 2.27. The number of piperidine rings is 1. The molecule has 2 heterocycles. The molecule has 132 valence electrons. The quantitative estimate of drug-likeness (QED) is 0.753. The predicted molar refractivity (Wildman–Crippen MR) is 105 cm³/mol. The maximum absolute atomic E-state index is 12.5. The van der Waals surface area contributed by atoms with Gasteiger partial charge in [-0.1, -0.05) is 15.9 Å². The lowest BCUT2D eigenvalue weighted by atomic mass is 9.96. The van der Waals surface area contributed by atoms with Crippen molar-refractivity contribution in [2.45, 2.75) is 19.8 Å². The van der Waals surface area contributed by atoms with Gasteiger partial charge in [-0.3, -0.25) is 10.1 Å². The largest absolute Gasteiger partial charge is 0.326 e. The SMILES string of the molecule is Cc1cc(NC(=O)C2CCN(C(=O)Nc3cccs3)CC2)ccc1Br. The Morgan fingerprint density at radius 2 is 1.96 bits per heavy atom. The summed E-state index contributed by atoms with van der Waals surface area (Å²) in [7, 11) is 0. The number of urea groups is 1. The fourth-order valence-electron chi connectivity index (χ4n) is 2.85. The number of hydrogen-bond donors (Lipinski definition) is 2. The average molecular weight is 422 g/mol. The Bertz CT molecular complexity index is 756. The number of hydrogen-bond acceptors (Lipinski definition) is 3. The summed E-state index contributed by atoms with van der Waals surface area (Å²) in [6, 6.07) is 9.46. The first kappa shape index (κ1) is 17.9. The molecule has 0 saturated carbocycles. The minimum Gasteiger partial charge on any atom is -0.326 e. The zero-order chi connectivity index (χ0) is 17.8. The second-order valence-corrected chi connectivity index (χ2v) is 7.92. The Kier molecular flexibility index (Phi) is 5.75. The van der Waals surface area contributed by atoms with Gasteiger partial charge in [0, 0.05) is 29.2 Å². The van der Waals surface area contributed by atoms with Crippen LogP contribution in [0.2, 0.25) is 0 Å². The van der Waals surface area contributed by atoms with E-state index in [9.17, 15) is 9.59 Å². The number of benzene rings is 1. The van der Waals surface area contributed by atoms with Gasteiger partial charge in [0.1, 0.15) is 0 Å². The van der Waals surface area contributed by atoms with E-state index in [1.807, 2.05) is 42.6 Å². The third kappa shape index (κ3) is 4.61. The summed E-state index contributed by atoms with van der Waals surface area (Å²) < 4.78 is 1.02. The number of thiophene rings is 1. The van der Waals surface area contributed by atoms with Crippen LogP contribution in [-0.4, -0.2) is 29.9 Å². The number of nitrogens with zero attached hydrogens (tertiary/aromatic N) is 1. The van der Waals surface area contributed by atoms with Gasteiger partial charge >= 0.3 is 6.03 Å². The Balaban J connectivity index is 1.50. The maximum atomic E-state index is 12.5. The molecule has 1 fully saturated rings. The van der Waals surface area contributed by atoms with Crippen LogP contribution in [0.15, 0.2) is 40.2 Å². The summed E-state index contributed by atoms with van der Waals surface area (Å²) in [4.78, 5) is 26.4. The van der Waals surface area contributed by atoms with E-state index in [0.717, 1.165) is 20.7 Å².